The summed E-state index contributed by atoms with van der Waals surface area (Å²) in [5, 5.41) is 7.98. The molecule has 1 aromatic heterocycles. The van der Waals surface area contributed by atoms with E-state index >= 15 is 0 Å². The number of hydrogen-bond acceptors (Lipinski definition) is 2. The summed E-state index contributed by atoms with van der Waals surface area (Å²) in [4.78, 5) is 0. The Kier molecular flexibility index (Phi) is 3.64. The monoisotopic (exact) mass is 221 g/mol. The molecule has 2 rings (SSSR count). The topological polar surface area (TPSA) is 29.9 Å². The molecule has 1 saturated carbocycles. The van der Waals surface area contributed by atoms with Crippen molar-refractivity contribution in [1.29, 1.82) is 0 Å². The maximum absolute atomic E-state index is 4.51. The quantitative estimate of drug-likeness (QED) is 0.825. The molecule has 1 aromatic rings. The molecule has 1 fully saturated rings. The Labute approximate surface area is 98.2 Å². The van der Waals surface area contributed by atoms with Crippen molar-refractivity contribution < 1.29 is 0 Å². The zero-order valence-electron chi connectivity index (χ0n) is 10.7. The highest BCUT2D eigenvalue weighted by molar-refractivity contribution is 5.11. The molecule has 0 radical (unpaired) electrons. The van der Waals surface area contributed by atoms with Crippen molar-refractivity contribution in [3.8, 4) is 0 Å². The molecule has 0 spiro atoms. The minimum atomic E-state index is 0.634. The lowest BCUT2D eigenvalue weighted by Crippen LogP contribution is -2.39. The van der Waals surface area contributed by atoms with Crippen molar-refractivity contribution in [3.05, 3.63) is 17.5 Å². The van der Waals surface area contributed by atoms with E-state index < -0.39 is 0 Å². The molecule has 3 heteroatoms. The van der Waals surface area contributed by atoms with Crippen molar-refractivity contribution in [2.24, 2.45) is 5.92 Å². The fraction of sp³-hybridized carbons (Fsp3) is 0.769. The summed E-state index contributed by atoms with van der Waals surface area (Å²) in [5.74, 6) is 0.880. The van der Waals surface area contributed by atoms with Gasteiger partial charge in [-0.05, 0) is 45.7 Å². The maximum atomic E-state index is 4.51. The van der Waals surface area contributed by atoms with E-state index in [1.54, 1.807) is 0 Å². The van der Waals surface area contributed by atoms with E-state index in [1.165, 1.54) is 25.0 Å². The van der Waals surface area contributed by atoms with E-state index in [9.17, 15) is 0 Å². The third-order valence-electron chi connectivity index (χ3n) is 3.80. The van der Waals surface area contributed by atoms with Crippen molar-refractivity contribution in [2.75, 3.05) is 7.05 Å². The van der Waals surface area contributed by atoms with Gasteiger partial charge in [0.05, 0.1) is 5.69 Å². The minimum Gasteiger partial charge on any atom is -0.316 e. The van der Waals surface area contributed by atoms with Crippen LogP contribution < -0.4 is 5.32 Å². The number of rotatable bonds is 5. The SMILES string of the molecule is CCn1nc(C)cc1CC(NC)C1CCC1. The lowest BCUT2D eigenvalue weighted by Gasteiger charge is -2.33. The lowest BCUT2D eigenvalue weighted by molar-refractivity contribution is 0.233. The first-order chi connectivity index (χ1) is 7.74. The van der Waals surface area contributed by atoms with E-state index in [4.69, 9.17) is 0 Å². The molecule has 1 atom stereocenters. The van der Waals surface area contributed by atoms with Crippen LogP contribution >= 0.6 is 0 Å². The van der Waals surface area contributed by atoms with Crippen molar-refractivity contribution in [3.63, 3.8) is 0 Å². The van der Waals surface area contributed by atoms with Crippen LogP contribution in [0, 0.1) is 12.8 Å². The van der Waals surface area contributed by atoms with Gasteiger partial charge < -0.3 is 5.32 Å². The van der Waals surface area contributed by atoms with Gasteiger partial charge in [-0.25, -0.2) is 0 Å². The van der Waals surface area contributed by atoms with Gasteiger partial charge in [0.25, 0.3) is 0 Å². The molecule has 0 saturated heterocycles. The Morgan fingerprint density at radius 1 is 1.56 bits per heavy atom. The number of nitrogens with zero attached hydrogens (tertiary/aromatic N) is 2. The molecular formula is C13H23N3. The van der Waals surface area contributed by atoms with Crippen LogP contribution in [0.4, 0.5) is 0 Å². The highest BCUT2D eigenvalue weighted by atomic mass is 15.3. The minimum absolute atomic E-state index is 0.634. The highest BCUT2D eigenvalue weighted by Gasteiger charge is 2.26. The number of hydrogen-bond donors (Lipinski definition) is 1. The van der Waals surface area contributed by atoms with Gasteiger partial charge in [-0.3, -0.25) is 4.68 Å². The molecule has 3 nitrogen and oxygen atoms in total. The van der Waals surface area contributed by atoms with E-state index in [-0.39, 0.29) is 0 Å². The molecule has 0 amide bonds. The average Bonchev–Trinajstić information content (AvgIpc) is 2.55. The standard InChI is InChI=1S/C13H23N3/c1-4-16-12(8-10(2)15-16)9-13(14-3)11-6-5-7-11/h8,11,13-14H,4-7,9H2,1-3H3. The van der Waals surface area contributed by atoms with Gasteiger partial charge in [0.15, 0.2) is 0 Å². The van der Waals surface area contributed by atoms with Crippen LogP contribution in [0.5, 0.6) is 0 Å². The maximum Gasteiger partial charge on any atom is 0.0596 e. The lowest BCUT2D eigenvalue weighted by atomic mass is 9.78. The zero-order valence-corrected chi connectivity index (χ0v) is 10.7. The largest absolute Gasteiger partial charge is 0.316 e. The second kappa shape index (κ2) is 5.00. The average molecular weight is 221 g/mol. The summed E-state index contributed by atoms with van der Waals surface area (Å²) < 4.78 is 2.14. The van der Waals surface area contributed by atoms with Crippen LogP contribution in [0.2, 0.25) is 0 Å². The number of aryl methyl sites for hydroxylation is 2. The van der Waals surface area contributed by atoms with Gasteiger partial charge >= 0.3 is 0 Å². The summed E-state index contributed by atoms with van der Waals surface area (Å²) in [6.07, 6.45) is 5.32. The normalized spacial score (nSPS) is 18.4. The molecule has 1 heterocycles. The summed E-state index contributed by atoms with van der Waals surface area (Å²) in [5.41, 5.74) is 2.52. The predicted molar refractivity (Wildman–Crippen MR) is 66.5 cm³/mol. The van der Waals surface area contributed by atoms with E-state index in [2.05, 4.69) is 42.1 Å². The van der Waals surface area contributed by atoms with Crippen LogP contribution in [0.3, 0.4) is 0 Å². The Balaban J connectivity index is 2.05. The van der Waals surface area contributed by atoms with Crippen molar-refractivity contribution >= 4 is 0 Å². The Bertz CT molecular complexity index is 339. The smallest absolute Gasteiger partial charge is 0.0596 e. The first-order valence-corrected chi connectivity index (χ1v) is 6.45. The molecular weight excluding hydrogens is 198 g/mol. The number of nitrogens with one attached hydrogen (secondary N) is 1. The summed E-state index contributed by atoms with van der Waals surface area (Å²) in [7, 11) is 2.09. The fourth-order valence-electron chi connectivity index (χ4n) is 2.61. The molecule has 0 aliphatic heterocycles. The van der Waals surface area contributed by atoms with Crippen LogP contribution in [-0.4, -0.2) is 22.9 Å². The van der Waals surface area contributed by atoms with Gasteiger partial charge in [-0.1, -0.05) is 6.42 Å². The molecule has 1 aliphatic carbocycles. The van der Waals surface area contributed by atoms with Crippen molar-refractivity contribution in [1.82, 2.24) is 15.1 Å². The van der Waals surface area contributed by atoms with Crippen LogP contribution in [-0.2, 0) is 13.0 Å². The van der Waals surface area contributed by atoms with Gasteiger partial charge in [0, 0.05) is 24.7 Å². The molecule has 0 aromatic carbocycles. The number of aromatic nitrogens is 2. The Morgan fingerprint density at radius 3 is 2.81 bits per heavy atom. The Hall–Kier alpha value is -0.830. The predicted octanol–water partition coefficient (Wildman–Crippen LogP) is 2.14. The van der Waals surface area contributed by atoms with Gasteiger partial charge in [-0.15, -0.1) is 0 Å². The molecule has 1 aliphatic rings. The molecule has 90 valence electrons. The van der Waals surface area contributed by atoms with Crippen molar-refractivity contribution in [2.45, 2.75) is 52.1 Å². The summed E-state index contributed by atoms with van der Waals surface area (Å²) in [6.45, 7) is 5.21. The highest BCUT2D eigenvalue weighted by Crippen LogP contribution is 2.31. The first-order valence-electron chi connectivity index (χ1n) is 6.45. The van der Waals surface area contributed by atoms with Crippen LogP contribution in [0.15, 0.2) is 6.07 Å². The molecule has 1 unspecified atom stereocenters. The van der Waals surface area contributed by atoms with Gasteiger partial charge in [0.2, 0.25) is 0 Å². The Morgan fingerprint density at radius 2 is 2.31 bits per heavy atom. The summed E-state index contributed by atoms with van der Waals surface area (Å²) >= 11 is 0. The van der Waals surface area contributed by atoms with E-state index in [1.807, 2.05) is 0 Å². The van der Waals surface area contributed by atoms with E-state index in [0.717, 1.165) is 24.6 Å². The second-order valence-electron chi connectivity index (χ2n) is 4.88. The van der Waals surface area contributed by atoms with Gasteiger partial charge in [0.1, 0.15) is 0 Å². The van der Waals surface area contributed by atoms with E-state index in [0.29, 0.717) is 6.04 Å². The third-order valence-corrected chi connectivity index (χ3v) is 3.80. The fourth-order valence-corrected chi connectivity index (χ4v) is 2.61. The number of likely N-dealkylation sites (N-methyl/N-ethyl adjacent to an activating group) is 1. The molecule has 1 N–H and O–H groups in total. The second-order valence-corrected chi connectivity index (χ2v) is 4.88. The van der Waals surface area contributed by atoms with Gasteiger partial charge in [-0.2, -0.15) is 5.10 Å². The third kappa shape index (κ3) is 2.29. The molecule has 16 heavy (non-hydrogen) atoms. The molecule has 0 bridgehead atoms. The van der Waals surface area contributed by atoms with Crippen LogP contribution in [0.25, 0.3) is 0 Å². The summed E-state index contributed by atoms with van der Waals surface area (Å²) in [6, 6.07) is 2.86. The van der Waals surface area contributed by atoms with Crippen LogP contribution in [0.1, 0.15) is 37.6 Å². The zero-order chi connectivity index (χ0) is 11.5. The first kappa shape index (κ1) is 11.6.